The SMILES string of the molecule is CC(=O)CN1CC(c2cccnc2)NC1=O. The smallest absolute Gasteiger partial charge is 0.318 e. The quantitative estimate of drug-likeness (QED) is 0.815. The number of nitrogens with zero attached hydrogens (tertiary/aromatic N) is 2. The van der Waals surface area contributed by atoms with Crippen LogP contribution in [0.1, 0.15) is 18.5 Å². The second-order valence-corrected chi connectivity index (χ2v) is 3.87. The lowest BCUT2D eigenvalue weighted by Gasteiger charge is -2.12. The van der Waals surface area contributed by atoms with E-state index in [1.165, 1.54) is 11.8 Å². The number of hydrogen-bond acceptors (Lipinski definition) is 3. The summed E-state index contributed by atoms with van der Waals surface area (Å²) in [5, 5.41) is 2.82. The highest BCUT2D eigenvalue weighted by atomic mass is 16.2. The summed E-state index contributed by atoms with van der Waals surface area (Å²) in [7, 11) is 0. The molecule has 5 heteroatoms. The van der Waals surface area contributed by atoms with Crippen LogP contribution in [0.15, 0.2) is 24.5 Å². The lowest BCUT2D eigenvalue weighted by Crippen LogP contribution is -2.32. The zero-order chi connectivity index (χ0) is 11.5. The molecule has 1 unspecified atom stereocenters. The van der Waals surface area contributed by atoms with E-state index >= 15 is 0 Å². The highest BCUT2D eigenvalue weighted by molar-refractivity contribution is 5.85. The lowest BCUT2D eigenvalue weighted by molar-refractivity contribution is -0.117. The van der Waals surface area contributed by atoms with Crippen LogP contribution in [0, 0.1) is 0 Å². The molecular formula is C11H13N3O2. The van der Waals surface area contributed by atoms with Gasteiger partial charge in [0.05, 0.1) is 12.6 Å². The van der Waals surface area contributed by atoms with Gasteiger partial charge in [0.25, 0.3) is 0 Å². The Kier molecular flexibility index (Phi) is 2.85. The van der Waals surface area contributed by atoms with Crippen molar-refractivity contribution in [1.82, 2.24) is 15.2 Å². The van der Waals surface area contributed by atoms with Crippen molar-refractivity contribution in [2.45, 2.75) is 13.0 Å². The number of hydrogen-bond donors (Lipinski definition) is 1. The van der Waals surface area contributed by atoms with E-state index in [1.807, 2.05) is 12.1 Å². The number of pyridine rings is 1. The molecule has 0 saturated carbocycles. The zero-order valence-electron chi connectivity index (χ0n) is 9.01. The second-order valence-electron chi connectivity index (χ2n) is 3.87. The number of aromatic nitrogens is 1. The predicted octanol–water partition coefficient (Wildman–Crippen LogP) is 0.737. The number of ketones is 1. The van der Waals surface area contributed by atoms with Crippen LogP contribution < -0.4 is 5.32 Å². The zero-order valence-corrected chi connectivity index (χ0v) is 9.01. The Morgan fingerprint density at radius 1 is 1.69 bits per heavy atom. The fourth-order valence-electron chi connectivity index (χ4n) is 1.77. The van der Waals surface area contributed by atoms with Gasteiger partial charge in [-0.3, -0.25) is 9.78 Å². The van der Waals surface area contributed by atoms with E-state index in [2.05, 4.69) is 10.3 Å². The fourth-order valence-corrected chi connectivity index (χ4v) is 1.77. The van der Waals surface area contributed by atoms with Crippen LogP contribution in [0.5, 0.6) is 0 Å². The second kappa shape index (κ2) is 4.30. The number of carbonyl (C=O) groups excluding carboxylic acids is 2. The molecule has 1 atom stereocenters. The number of carbonyl (C=O) groups is 2. The molecule has 0 spiro atoms. The maximum Gasteiger partial charge on any atom is 0.318 e. The molecule has 1 aliphatic heterocycles. The summed E-state index contributed by atoms with van der Waals surface area (Å²) in [6.45, 7) is 2.16. The van der Waals surface area contributed by atoms with Gasteiger partial charge in [0.2, 0.25) is 0 Å². The van der Waals surface area contributed by atoms with E-state index in [-0.39, 0.29) is 24.4 Å². The predicted molar refractivity (Wildman–Crippen MR) is 57.8 cm³/mol. The minimum Gasteiger partial charge on any atom is -0.329 e. The number of Topliss-reactive ketones (excluding diaryl/α,β-unsaturated/α-hetero) is 1. The highest BCUT2D eigenvalue weighted by Gasteiger charge is 2.30. The Hall–Kier alpha value is -1.91. The normalized spacial score (nSPS) is 19.7. The van der Waals surface area contributed by atoms with Gasteiger partial charge in [0, 0.05) is 18.9 Å². The van der Waals surface area contributed by atoms with Crippen LogP contribution >= 0.6 is 0 Å². The Morgan fingerprint density at radius 2 is 2.50 bits per heavy atom. The molecule has 1 aromatic heterocycles. The molecule has 84 valence electrons. The van der Waals surface area contributed by atoms with Crippen molar-refractivity contribution >= 4 is 11.8 Å². The Morgan fingerprint density at radius 3 is 3.12 bits per heavy atom. The first-order valence-corrected chi connectivity index (χ1v) is 5.11. The highest BCUT2D eigenvalue weighted by Crippen LogP contribution is 2.18. The van der Waals surface area contributed by atoms with E-state index in [9.17, 15) is 9.59 Å². The summed E-state index contributed by atoms with van der Waals surface area (Å²) >= 11 is 0. The monoisotopic (exact) mass is 219 g/mol. The maximum atomic E-state index is 11.5. The third-order valence-electron chi connectivity index (χ3n) is 2.49. The van der Waals surface area contributed by atoms with Gasteiger partial charge in [-0.05, 0) is 18.6 Å². The molecular weight excluding hydrogens is 206 g/mol. The molecule has 0 aliphatic carbocycles. The third kappa shape index (κ3) is 2.18. The minimum atomic E-state index is -0.191. The molecule has 16 heavy (non-hydrogen) atoms. The van der Waals surface area contributed by atoms with Crippen molar-refractivity contribution in [3.05, 3.63) is 30.1 Å². The number of rotatable bonds is 3. The van der Waals surface area contributed by atoms with Crippen molar-refractivity contribution in [2.24, 2.45) is 0 Å². The minimum absolute atomic E-state index is 0.0120. The van der Waals surface area contributed by atoms with Crippen LogP contribution in [-0.2, 0) is 4.79 Å². The van der Waals surface area contributed by atoms with Gasteiger partial charge in [-0.25, -0.2) is 4.79 Å². The van der Waals surface area contributed by atoms with Gasteiger partial charge in [-0.1, -0.05) is 6.07 Å². The molecule has 1 fully saturated rings. The average Bonchev–Trinajstić information content (AvgIpc) is 2.61. The molecule has 1 N–H and O–H groups in total. The molecule has 0 radical (unpaired) electrons. The lowest BCUT2D eigenvalue weighted by atomic mass is 10.1. The summed E-state index contributed by atoms with van der Waals surface area (Å²) in [5.74, 6) is -0.0120. The summed E-state index contributed by atoms with van der Waals surface area (Å²) in [4.78, 5) is 28.0. The van der Waals surface area contributed by atoms with E-state index < -0.39 is 0 Å². The largest absolute Gasteiger partial charge is 0.329 e. The summed E-state index contributed by atoms with van der Waals surface area (Å²) in [6.07, 6.45) is 3.41. The number of urea groups is 1. The molecule has 2 rings (SSSR count). The van der Waals surface area contributed by atoms with Gasteiger partial charge in [0.15, 0.2) is 0 Å². The van der Waals surface area contributed by atoms with Crippen LogP contribution in [0.25, 0.3) is 0 Å². The molecule has 2 amide bonds. The first kappa shape index (κ1) is 10.6. The molecule has 5 nitrogen and oxygen atoms in total. The molecule has 1 aromatic rings. The summed E-state index contributed by atoms with van der Waals surface area (Å²) < 4.78 is 0. The fraction of sp³-hybridized carbons (Fsp3) is 0.364. The van der Waals surface area contributed by atoms with Crippen LogP contribution in [0.2, 0.25) is 0 Å². The molecule has 1 saturated heterocycles. The molecule has 2 heterocycles. The van der Waals surface area contributed by atoms with E-state index in [4.69, 9.17) is 0 Å². The van der Waals surface area contributed by atoms with Crippen LogP contribution in [-0.4, -0.2) is 34.8 Å². The van der Waals surface area contributed by atoms with Gasteiger partial charge in [-0.2, -0.15) is 0 Å². The van der Waals surface area contributed by atoms with Gasteiger partial charge in [0.1, 0.15) is 5.78 Å². The first-order valence-electron chi connectivity index (χ1n) is 5.11. The molecule has 0 aromatic carbocycles. The van der Waals surface area contributed by atoms with Crippen molar-refractivity contribution in [1.29, 1.82) is 0 Å². The molecule has 1 aliphatic rings. The third-order valence-corrected chi connectivity index (χ3v) is 2.49. The van der Waals surface area contributed by atoms with Crippen molar-refractivity contribution in [3.63, 3.8) is 0 Å². The Labute approximate surface area is 93.5 Å². The Balaban J connectivity index is 2.07. The van der Waals surface area contributed by atoms with Gasteiger partial charge in [-0.15, -0.1) is 0 Å². The standard InChI is InChI=1S/C11H13N3O2/c1-8(15)6-14-7-10(13-11(14)16)9-3-2-4-12-5-9/h2-5,10H,6-7H2,1H3,(H,13,16). The van der Waals surface area contributed by atoms with Crippen molar-refractivity contribution < 1.29 is 9.59 Å². The van der Waals surface area contributed by atoms with E-state index in [0.29, 0.717) is 6.54 Å². The van der Waals surface area contributed by atoms with Crippen LogP contribution in [0.4, 0.5) is 4.79 Å². The topological polar surface area (TPSA) is 62.3 Å². The Bertz CT molecular complexity index is 405. The summed E-state index contributed by atoms with van der Waals surface area (Å²) in [5.41, 5.74) is 0.960. The number of nitrogens with one attached hydrogen (secondary N) is 1. The van der Waals surface area contributed by atoms with Crippen LogP contribution in [0.3, 0.4) is 0 Å². The van der Waals surface area contributed by atoms with Gasteiger partial charge < -0.3 is 10.2 Å². The van der Waals surface area contributed by atoms with Crippen molar-refractivity contribution in [3.8, 4) is 0 Å². The van der Waals surface area contributed by atoms with Gasteiger partial charge >= 0.3 is 6.03 Å². The first-order chi connectivity index (χ1) is 7.66. The van der Waals surface area contributed by atoms with Crippen molar-refractivity contribution in [2.75, 3.05) is 13.1 Å². The molecule has 0 bridgehead atoms. The average molecular weight is 219 g/mol. The number of amides is 2. The van der Waals surface area contributed by atoms with E-state index in [1.54, 1.807) is 12.4 Å². The van der Waals surface area contributed by atoms with E-state index in [0.717, 1.165) is 5.56 Å². The maximum absolute atomic E-state index is 11.5. The summed E-state index contributed by atoms with van der Waals surface area (Å²) in [6, 6.07) is 3.48.